The predicted molar refractivity (Wildman–Crippen MR) is 91.3 cm³/mol. The van der Waals surface area contributed by atoms with E-state index < -0.39 is 5.97 Å². The first-order valence-corrected chi connectivity index (χ1v) is 8.05. The highest BCUT2D eigenvalue weighted by molar-refractivity contribution is 9.10. The smallest absolute Gasteiger partial charge is 0.343 e. The summed E-state index contributed by atoms with van der Waals surface area (Å²) in [5.74, 6) is 0.414. The lowest BCUT2D eigenvalue weighted by Gasteiger charge is -2.11. The summed E-state index contributed by atoms with van der Waals surface area (Å²) < 4.78 is 11.4. The number of carbonyl (C=O) groups is 1. The third-order valence-corrected chi connectivity index (χ3v) is 3.71. The molecule has 0 aliphatic heterocycles. The van der Waals surface area contributed by atoms with Crippen LogP contribution in [-0.4, -0.2) is 12.1 Å². The van der Waals surface area contributed by atoms with Crippen molar-refractivity contribution >= 4 is 45.1 Å². The van der Waals surface area contributed by atoms with E-state index in [0.29, 0.717) is 20.8 Å². The number of hydrogen-bond acceptors (Lipinski definition) is 3. The van der Waals surface area contributed by atoms with Crippen LogP contribution in [0, 0.1) is 0 Å². The number of halogens is 3. The van der Waals surface area contributed by atoms with E-state index in [1.165, 1.54) is 6.07 Å². The topological polar surface area (TPSA) is 35.5 Å². The molecule has 0 aliphatic carbocycles. The highest BCUT2D eigenvalue weighted by atomic mass is 79.9. The van der Waals surface area contributed by atoms with Crippen molar-refractivity contribution in [3.05, 3.63) is 56.5 Å². The molecule has 0 saturated carbocycles. The van der Waals surface area contributed by atoms with Gasteiger partial charge in [0.25, 0.3) is 0 Å². The monoisotopic (exact) mass is 402 g/mol. The molecule has 2 rings (SSSR count). The first kappa shape index (κ1) is 17.1. The molecule has 0 saturated heterocycles. The van der Waals surface area contributed by atoms with Crippen molar-refractivity contribution in [1.82, 2.24) is 0 Å². The summed E-state index contributed by atoms with van der Waals surface area (Å²) in [5.41, 5.74) is 0.397. The molecule has 2 aromatic rings. The summed E-state index contributed by atoms with van der Waals surface area (Å²) in [6.45, 7) is 3.87. The predicted octanol–water partition coefficient (Wildman–Crippen LogP) is 5.76. The fraction of sp³-hybridized carbons (Fsp3) is 0.188. The van der Waals surface area contributed by atoms with Crippen LogP contribution < -0.4 is 9.47 Å². The van der Waals surface area contributed by atoms with E-state index in [9.17, 15) is 4.79 Å². The van der Waals surface area contributed by atoms with Gasteiger partial charge in [-0.2, -0.15) is 0 Å². The zero-order valence-electron chi connectivity index (χ0n) is 11.9. The van der Waals surface area contributed by atoms with Gasteiger partial charge in [0, 0.05) is 5.02 Å². The maximum Gasteiger partial charge on any atom is 0.343 e. The number of benzene rings is 2. The normalized spacial score (nSPS) is 10.6. The van der Waals surface area contributed by atoms with Crippen LogP contribution in [-0.2, 0) is 0 Å². The Morgan fingerprint density at radius 2 is 1.77 bits per heavy atom. The molecule has 2 aromatic carbocycles. The molecule has 0 spiro atoms. The molecule has 22 heavy (non-hydrogen) atoms. The zero-order chi connectivity index (χ0) is 16.3. The van der Waals surface area contributed by atoms with Gasteiger partial charge in [0.15, 0.2) is 5.75 Å². The molecule has 3 nitrogen and oxygen atoms in total. The minimum Gasteiger partial charge on any atom is -0.491 e. The fourth-order valence-corrected chi connectivity index (χ4v) is 3.04. The molecular formula is C16H13BrCl2O3. The molecule has 0 unspecified atom stereocenters. The van der Waals surface area contributed by atoms with Crippen LogP contribution in [0.4, 0.5) is 0 Å². The van der Waals surface area contributed by atoms with Gasteiger partial charge >= 0.3 is 5.97 Å². The van der Waals surface area contributed by atoms with Crippen molar-refractivity contribution in [3.8, 4) is 11.5 Å². The highest BCUT2D eigenvalue weighted by Gasteiger charge is 2.15. The summed E-state index contributed by atoms with van der Waals surface area (Å²) in [6.07, 6.45) is 0.0710. The summed E-state index contributed by atoms with van der Waals surface area (Å²) in [5, 5.41) is 0.708. The third-order valence-electron chi connectivity index (χ3n) is 2.62. The van der Waals surface area contributed by atoms with Gasteiger partial charge in [-0.3, -0.25) is 0 Å². The lowest BCUT2D eigenvalue weighted by atomic mass is 10.2. The highest BCUT2D eigenvalue weighted by Crippen LogP contribution is 2.36. The van der Waals surface area contributed by atoms with Crippen molar-refractivity contribution in [3.63, 3.8) is 0 Å². The first-order valence-electron chi connectivity index (χ1n) is 6.50. The number of esters is 1. The molecule has 0 fully saturated rings. The molecule has 0 heterocycles. The number of carbonyl (C=O) groups excluding carboxylic acids is 1. The molecule has 6 heteroatoms. The van der Waals surface area contributed by atoms with Crippen molar-refractivity contribution in [2.75, 3.05) is 0 Å². The van der Waals surface area contributed by atoms with E-state index in [-0.39, 0.29) is 16.9 Å². The van der Waals surface area contributed by atoms with Crippen LogP contribution >= 0.6 is 39.1 Å². The quantitative estimate of drug-likeness (QED) is 0.480. The van der Waals surface area contributed by atoms with Crippen LogP contribution in [0.15, 0.2) is 40.9 Å². The van der Waals surface area contributed by atoms with Gasteiger partial charge in [-0.15, -0.1) is 0 Å². The molecule has 0 atom stereocenters. The van der Waals surface area contributed by atoms with Crippen molar-refractivity contribution in [2.45, 2.75) is 20.0 Å². The molecule has 0 radical (unpaired) electrons. The van der Waals surface area contributed by atoms with E-state index in [4.69, 9.17) is 32.7 Å². The number of rotatable bonds is 4. The summed E-state index contributed by atoms with van der Waals surface area (Å²) in [6, 6.07) is 9.82. The Morgan fingerprint density at radius 3 is 2.32 bits per heavy atom. The van der Waals surface area contributed by atoms with Gasteiger partial charge in [-0.25, -0.2) is 4.79 Å². The van der Waals surface area contributed by atoms with E-state index in [1.54, 1.807) is 30.3 Å². The van der Waals surface area contributed by atoms with Crippen LogP contribution in [0.25, 0.3) is 0 Å². The Kier molecular flexibility index (Phi) is 5.73. The molecule has 116 valence electrons. The van der Waals surface area contributed by atoms with Crippen molar-refractivity contribution in [2.24, 2.45) is 0 Å². The van der Waals surface area contributed by atoms with Crippen LogP contribution in [0.2, 0.25) is 10.0 Å². The lowest BCUT2D eigenvalue weighted by Crippen LogP contribution is -2.10. The summed E-state index contributed by atoms with van der Waals surface area (Å²) in [4.78, 5) is 12.2. The summed E-state index contributed by atoms with van der Waals surface area (Å²) >= 11 is 15.2. The van der Waals surface area contributed by atoms with Crippen LogP contribution in [0.1, 0.15) is 24.2 Å². The Balaban J connectivity index is 2.16. The third kappa shape index (κ3) is 4.38. The maximum absolute atomic E-state index is 12.2. The standard InChI is InChI=1S/C16H13BrCl2O3/c1-9(2)21-12-5-3-10(4-6-12)16(20)22-15-13(17)7-11(18)8-14(15)19/h3-9H,1-2H3. The van der Waals surface area contributed by atoms with Crippen LogP contribution in [0.3, 0.4) is 0 Å². The zero-order valence-corrected chi connectivity index (χ0v) is 15.0. The van der Waals surface area contributed by atoms with Crippen molar-refractivity contribution in [1.29, 1.82) is 0 Å². The molecular weight excluding hydrogens is 391 g/mol. The minimum atomic E-state index is -0.513. The summed E-state index contributed by atoms with van der Waals surface area (Å²) in [7, 11) is 0. The van der Waals surface area contributed by atoms with Gasteiger partial charge in [0.2, 0.25) is 0 Å². The Hall–Kier alpha value is -1.23. The molecule has 0 aliphatic rings. The molecule has 0 bridgehead atoms. The Bertz CT molecular complexity index is 661. The lowest BCUT2D eigenvalue weighted by molar-refractivity contribution is 0.0733. The molecule has 0 N–H and O–H groups in total. The number of ether oxygens (including phenoxy) is 2. The van der Waals surface area contributed by atoms with E-state index in [0.717, 1.165) is 0 Å². The molecule has 0 amide bonds. The van der Waals surface area contributed by atoms with E-state index in [1.807, 2.05) is 13.8 Å². The SMILES string of the molecule is CC(C)Oc1ccc(C(=O)Oc2c(Cl)cc(Cl)cc2Br)cc1. The average molecular weight is 404 g/mol. The van der Waals surface area contributed by atoms with Gasteiger partial charge in [-0.05, 0) is 66.2 Å². The Morgan fingerprint density at radius 1 is 1.14 bits per heavy atom. The van der Waals surface area contributed by atoms with E-state index in [2.05, 4.69) is 15.9 Å². The second kappa shape index (κ2) is 7.36. The minimum absolute atomic E-state index is 0.0710. The Labute approximate surface area is 147 Å². The second-order valence-corrected chi connectivity index (χ2v) is 6.48. The van der Waals surface area contributed by atoms with E-state index >= 15 is 0 Å². The van der Waals surface area contributed by atoms with Crippen LogP contribution in [0.5, 0.6) is 11.5 Å². The van der Waals surface area contributed by atoms with Gasteiger partial charge < -0.3 is 9.47 Å². The first-order chi connectivity index (χ1) is 10.4. The van der Waals surface area contributed by atoms with Crippen molar-refractivity contribution < 1.29 is 14.3 Å². The fourth-order valence-electron chi connectivity index (χ4n) is 1.72. The second-order valence-electron chi connectivity index (χ2n) is 4.78. The average Bonchev–Trinajstić information content (AvgIpc) is 2.42. The van der Waals surface area contributed by atoms with Gasteiger partial charge in [0.05, 0.1) is 21.2 Å². The molecule has 0 aromatic heterocycles. The number of hydrogen-bond donors (Lipinski definition) is 0. The van der Waals surface area contributed by atoms with Gasteiger partial charge in [0.1, 0.15) is 5.75 Å². The van der Waals surface area contributed by atoms with Gasteiger partial charge in [-0.1, -0.05) is 23.2 Å². The largest absolute Gasteiger partial charge is 0.491 e. The maximum atomic E-state index is 12.2.